The number of hydrogen-bond acceptors (Lipinski definition) is 2. The highest BCUT2D eigenvalue weighted by Gasteiger charge is 2.28. The van der Waals surface area contributed by atoms with Crippen LogP contribution in [0, 0.1) is 17.8 Å². The van der Waals surface area contributed by atoms with Crippen molar-refractivity contribution in [1.29, 1.82) is 0 Å². The number of carbonyl (C=O) groups is 1. The van der Waals surface area contributed by atoms with Crippen LogP contribution in [0.2, 0.25) is 0 Å². The van der Waals surface area contributed by atoms with Gasteiger partial charge in [-0.15, -0.1) is 0 Å². The molecule has 1 rings (SSSR count). The number of esters is 1. The Balaban J connectivity index is 2.48. The molecule has 0 bridgehead atoms. The van der Waals surface area contributed by atoms with Crippen molar-refractivity contribution in [2.24, 2.45) is 17.8 Å². The van der Waals surface area contributed by atoms with Crippen LogP contribution in [0.4, 0.5) is 0 Å². The minimum atomic E-state index is 0.0526. The summed E-state index contributed by atoms with van der Waals surface area (Å²) < 4.78 is 5.60. The lowest BCUT2D eigenvalue weighted by molar-refractivity contribution is -0.153. The maximum absolute atomic E-state index is 11.9. The molecule has 2 unspecified atom stereocenters. The van der Waals surface area contributed by atoms with Crippen molar-refractivity contribution in [3.63, 3.8) is 0 Å². The van der Waals surface area contributed by atoms with Gasteiger partial charge in [-0.05, 0) is 43.9 Å². The van der Waals surface area contributed by atoms with Crippen LogP contribution in [0.15, 0.2) is 0 Å². The van der Waals surface area contributed by atoms with Crippen LogP contribution in [0.5, 0.6) is 0 Å². The average molecular weight is 226 g/mol. The first-order valence-electron chi connectivity index (χ1n) is 6.69. The molecule has 0 aromatic carbocycles. The molecular weight excluding hydrogens is 200 g/mol. The normalized spacial score (nSPS) is 27.0. The molecule has 94 valence electrons. The van der Waals surface area contributed by atoms with Crippen molar-refractivity contribution < 1.29 is 9.53 Å². The zero-order valence-electron chi connectivity index (χ0n) is 11.2. The summed E-state index contributed by atoms with van der Waals surface area (Å²) in [6, 6.07) is 0. The minimum absolute atomic E-state index is 0.0526. The van der Waals surface area contributed by atoms with Crippen LogP contribution in [-0.4, -0.2) is 12.1 Å². The highest BCUT2D eigenvalue weighted by atomic mass is 16.5. The van der Waals surface area contributed by atoms with E-state index in [1.165, 1.54) is 0 Å². The second-order valence-electron chi connectivity index (χ2n) is 5.95. The Morgan fingerprint density at radius 1 is 1.12 bits per heavy atom. The molecule has 0 aliphatic carbocycles. The smallest absolute Gasteiger partial charge is 0.309 e. The molecule has 1 heterocycles. The second-order valence-corrected chi connectivity index (χ2v) is 5.95. The Bertz CT molecular complexity index is 221. The van der Waals surface area contributed by atoms with Gasteiger partial charge in [0.25, 0.3) is 0 Å². The Hall–Kier alpha value is -0.530. The minimum Gasteiger partial charge on any atom is -0.462 e. The molecule has 1 saturated heterocycles. The van der Waals surface area contributed by atoms with Gasteiger partial charge in [0, 0.05) is 0 Å². The molecule has 0 saturated carbocycles. The molecule has 0 aromatic rings. The van der Waals surface area contributed by atoms with Gasteiger partial charge in [-0.3, -0.25) is 4.79 Å². The summed E-state index contributed by atoms with van der Waals surface area (Å²) >= 11 is 0. The van der Waals surface area contributed by atoms with Gasteiger partial charge in [0.2, 0.25) is 0 Å². The van der Waals surface area contributed by atoms with Crippen LogP contribution in [0.25, 0.3) is 0 Å². The lowest BCUT2D eigenvalue weighted by Crippen LogP contribution is -2.22. The molecule has 1 aliphatic heterocycles. The van der Waals surface area contributed by atoms with E-state index in [2.05, 4.69) is 27.7 Å². The van der Waals surface area contributed by atoms with Gasteiger partial charge in [0.15, 0.2) is 0 Å². The van der Waals surface area contributed by atoms with E-state index in [1.807, 2.05) is 0 Å². The van der Waals surface area contributed by atoms with Crippen LogP contribution >= 0.6 is 0 Å². The highest BCUT2D eigenvalue weighted by Crippen LogP contribution is 2.27. The first-order chi connectivity index (χ1) is 7.49. The highest BCUT2D eigenvalue weighted by molar-refractivity contribution is 5.72. The van der Waals surface area contributed by atoms with Gasteiger partial charge in [-0.25, -0.2) is 0 Å². The lowest BCUT2D eigenvalue weighted by Gasteiger charge is -2.19. The predicted octanol–water partition coefficient (Wildman–Crippen LogP) is 3.79. The van der Waals surface area contributed by atoms with Crippen LogP contribution in [-0.2, 0) is 9.53 Å². The van der Waals surface area contributed by atoms with Gasteiger partial charge >= 0.3 is 5.97 Å². The van der Waals surface area contributed by atoms with E-state index in [0.29, 0.717) is 11.8 Å². The van der Waals surface area contributed by atoms with E-state index in [9.17, 15) is 4.79 Å². The number of carbonyl (C=O) groups excluding carboxylic acids is 1. The SMILES string of the molecule is CC(C)CC1CCCC(CC(C)C)C(=O)O1. The van der Waals surface area contributed by atoms with E-state index >= 15 is 0 Å². The van der Waals surface area contributed by atoms with E-state index in [0.717, 1.165) is 32.1 Å². The third-order valence-electron chi connectivity index (χ3n) is 3.19. The van der Waals surface area contributed by atoms with Crippen molar-refractivity contribution in [1.82, 2.24) is 0 Å². The average Bonchev–Trinajstić information content (AvgIpc) is 2.27. The van der Waals surface area contributed by atoms with Gasteiger partial charge in [0.05, 0.1) is 5.92 Å². The Kier molecular flexibility index (Phi) is 5.30. The standard InChI is InChI=1S/C14H26O2/c1-10(2)8-12-6-5-7-13(9-11(3)4)16-14(12)15/h10-13H,5-9H2,1-4H3. The molecule has 0 spiro atoms. The number of cyclic esters (lactones) is 1. The summed E-state index contributed by atoms with van der Waals surface area (Å²) in [6.07, 6.45) is 5.38. The molecule has 0 N–H and O–H groups in total. The van der Waals surface area contributed by atoms with E-state index < -0.39 is 0 Å². The lowest BCUT2D eigenvalue weighted by atomic mass is 9.92. The zero-order chi connectivity index (χ0) is 12.1. The molecule has 2 nitrogen and oxygen atoms in total. The largest absolute Gasteiger partial charge is 0.462 e. The first kappa shape index (κ1) is 13.5. The molecular formula is C14H26O2. The van der Waals surface area contributed by atoms with Crippen molar-refractivity contribution in [3.05, 3.63) is 0 Å². The maximum atomic E-state index is 11.9. The fraction of sp³-hybridized carbons (Fsp3) is 0.929. The van der Waals surface area contributed by atoms with Gasteiger partial charge < -0.3 is 4.74 Å². The first-order valence-corrected chi connectivity index (χ1v) is 6.69. The monoisotopic (exact) mass is 226 g/mol. The van der Waals surface area contributed by atoms with Crippen LogP contribution < -0.4 is 0 Å². The summed E-state index contributed by atoms with van der Waals surface area (Å²) in [6.45, 7) is 8.71. The topological polar surface area (TPSA) is 26.3 Å². The van der Waals surface area contributed by atoms with Crippen LogP contribution in [0.3, 0.4) is 0 Å². The summed E-state index contributed by atoms with van der Waals surface area (Å²) in [5, 5.41) is 0. The third-order valence-corrected chi connectivity index (χ3v) is 3.19. The molecule has 0 amide bonds. The Morgan fingerprint density at radius 2 is 1.75 bits per heavy atom. The second kappa shape index (κ2) is 6.27. The molecule has 1 fully saturated rings. The van der Waals surface area contributed by atoms with Crippen molar-refractivity contribution in [2.45, 2.75) is 65.9 Å². The van der Waals surface area contributed by atoms with E-state index in [-0.39, 0.29) is 18.0 Å². The molecule has 2 heteroatoms. The van der Waals surface area contributed by atoms with Gasteiger partial charge in [0.1, 0.15) is 6.10 Å². The van der Waals surface area contributed by atoms with Gasteiger partial charge in [-0.1, -0.05) is 27.7 Å². The summed E-state index contributed by atoms with van der Waals surface area (Å²) in [7, 11) is 0. The van der Waals surface area contributed by atoms with Crippen molar-refractivity contribution in [2.75, 3.05) is 0 Å². The Morgan fingerprint density at radius 3 is 2.31 bits per heavy atom. The fourth-order valence-electron chi connectivity index (χ4n) is 2.50. The third kappa shape index (κ3) is 4.54. The molecule has 16 heavy (non-hydrogen) atoms. The number of ether oxygens (including phenoxy) is 1. The summed E-state index contributed by atoms with van der Waals surface area (Å²) in [5.41, 5.74) is 0. The molecule has 1 aliphatic rings. The molecule has 0 radical (unpaired) electrons. The maximum Gasteiger partial charge on any atom is 0.309 e. The number of hydrogen-bond donors (Lipinski definition) is 0. The molecule has 0 aromatic heterocycles. The molecule has 2 atom stereocenters. The van der Waals surface area contributed by atoms with Gasteiger partial charge in [-0.2, -0.15) is 0 Å². The van der Waals surface area contributed by atoms with Crippen molar-refractivity contribution in [3.8, 4) is 0 Å². The van der Waals surface area contributed by atoms with Crippen LogP contribution in [0.1, 0.15) is 59.8 Å². The van der Waals surface area contributed by atoms with E-state index in [1.54, 1.807) is 0 Å². The number of rotatable bonds is 4. The fourth-order valence-corrected chi connectivity index (χ4v) is 2.50. The quantitative estimate of drug-likeness (QED) is 0.682. The van der Waals surface area contributed by atoms with E-state index in [4.69, 9.17) is 4.74 Å². The Labute approximate surface area is 99.8 Å². The zero-order valence-corrected chi connectivity index (χ0v) is 11.2. The summed E-state index contributed by atoms with van der Waals surface area (Å²) in [5.74, 6) is 1.40. The summed E-state index contributed by atoms with van der Waals surface area (Å²) in [4.78, 5) is 11.9. The van der Waals surface area contributed by atoms with Crippen molar-refractivity contribution >= 4 is 5.97 Å². The predicted molar refractivity (Wildman–Crippen MR) is 66.1 cm³/mol.